The number of hydrogen-bond acceptors (Lipinski definition) is 3. The van der Waals surface area contributed by atoms with Crippen LogP contribution in [0.1, 0.15) is 33.6 Å². The van der Waals surface area contributed by atoms with Gasteiger partial charge in [0.25, 0.3) is 0 Å². The summed E-state index contributed by atoms with van der Waals surface area (Å²) in [5.41, 5.74) is -1.08. The van der Waals surface area contributed by atoms with Crippen molar-refractivity contribution in [3.8, 4) is 0 Å². The first-order chi connectivity index (χ1) is 7.92. The Kier molecular flexibility index (Phi) is 7.29. The van der Waals surface area contributed by atoms with Gasteiger partial charge in [-0.15, -0.1) is 0 Å². The van der Waals surface area contributed by atoms with Crippen molar-refractivity contribution in [3.63, 3.8) is 0 Å². The maximum absolute atomic E-state index is 12.1. The molecule has 0 aromatic heterocycles. The van der Waals surface area contributed by atoms with Gasteiger partial charge in [0.1, 0.15) is 0 Å². The molecule has 1 aliphatic heterocycles. The van der Waals surface area contributed by atoms with Crippen LogP contribution in [0.5, 0.6) is 0 Å². The molecule has 0 aromatic rings. The number of rotatable bonds is 4. The Bertz CT molecular complexity index is 394. The fourth-order valence-electron chi connectivity index (χ4n) is 2.00. The zero-order valence-corrected chi connectivity index (χ0v) is 14.1. The zero-order chi connectivity index (χ0) is 13.1. The van der Waals surface area contributed by atoms with Crippen molar-refractivity contribution < 1.29 is 39.5 Å². The molecule has 0 saturated carbocycles. The van der Waals surface area contributed by atoms with E-state index in [0.717, 1.165) is 0 Å². The Morgan fingerprint density at radius 1 is 1.56 bits per heavy atom. The van der Waals surface area contributed by atoms with Crippen molar-refractivity contribution in [3.05, 3.63) is 12.2 Å². The Morgan fingerprint density at radius 2 is 2.17 bits per heavy atom. The van der Waals surface area contributed by atoms with Gasteiger partial charge in [-0.05, 0) is 43.8 Å². The van der Waals surface area contributed by atoms with Gasteiger partial charge in [0.05, 0.1) is 5.41 Å². The van der Waals surface area contributed by atoms with Crippen molar-refractivity contribution in [1.82, 2.24) is 5.32 Å². The molecule has 4 nitrogen and oxygen atoms in total. The molecular weight excluding hydrogens is 259 g/mol. The second kappa shape index (κ2) is 7.38. The van der Waals surface area contributed by atoms with Crippen molar-refractivity contribution in [2.75, 3.05) is 0 Å². The van der Waals surface area contributed by atoms with Gasteiger partial charge in [-0.25, -0.2) is 4.99 Å². The third-order valence-electron chi connectivity index (χ3n) is 2.73. The Hall–Kier alpha value is -0.230. The van der Waals surface area contributed by atoms with Gasteiger partial charge in [0, 0.05) is 0 Å². The first kappa shape index (κ1) is 17.8. The van der Waals surface area contributed by atoms with E-state index in [-0.39, 0.29) is 46.5 Å². The van der Waals surface area contributed by atoms with Gasteiger partial charge >= 0.3 is 29.6 Å². The van der Waals surface area contributed by atoms with E-state index in [0.29, 0.717) is 12.8 Å². The summed E-state index contributed by atoms with van der Waals surface area (Å²) in [5, 5.41) is 14.5. The van der Waals surface area contributed by atoms with Crippen LogP contribution in [0, 0.1) is 11.3 Å². The number of carbonyl (C=O) groups excluding carboxylic acids is 1. The van der Waals surface area contributed by atoms with E-state index < -0.39 is 11.3 Å². The SMILES string of the molecule is C/C=C/CC1(CC(C)C)C(=O)NC(=S)N=C1[O-].[Na+]. The summed E-state index contributed by atoms with van der Waals surface area (Å²) in [6.07, 6.45) is 4.51. The minimum Gasteiger partial charge on any atom is -0.861 e. The number of nitrogens with one attached hydrogen (secondary N) is 1. The molecule has 1 N–H and O–H groups in total. The van der Waals surface area contributed by atoms with Gasteiger partial charge in [-0.1, -0.05) is 26.0 Å². The van der Waals surface area contributed by atoms with Crippen LogP contribution in [-0.4, -0.2) is 16.9 Å². The predicted octanol–water partition coefficient (Wildman–Crippen LogP) is -1.84. The molecule has 1 unspecified atom stereocenters. The van der Waals surface area contributed by atoms with Crippen LogP contribution < -0.4 is 40.0 Å². The minimum atomic E-state index is -1.08. The van der Waals surface area contributed by atoms with Gasteiger partial charge in [-0.3, -0.25) is 4.79 Å². The van der Waals surface area contributed by atoms with Crippen molar-refractivity contribution in [1.29, 1.82) is 0 Å². The summed E-state index contributed by atoms with van der Waals surface area (Å²) in [6, 6.07) is 0. The fourth-order valence-corrected chi connectivity index (χ4v) is 2.18. The molecule has 1 atom stereocenters. The van der Waals surface area contributed by atoms with Crippen LogP contribution in [-0.2, 0) is 4.79 Å². The van der Waals surface area contributed by atoms with Gasteiger partial charge in [0.15, 0.2) is 5.11 Å². The molecule has 18 heavy (non-hydrogen) atoms. The van der Waals surface area contributed by atoms with Crippen molar-refractivity contribution >= 4 is 29.1 Å². The average molecular weight is 276 g/mol. The number of allylic oxidation sites excluding steroid dienone is 2. The van der Waals surface area contributed by atoms with Crippen LogP contribution in [0.25, 0.3) is 0 Å². The number of amides is 1. The first-order valence-corrected chi connectivity index (χ1v) is 6.06. The Labute approximate surface area is 135 Å². The first-order valence-electron chi connectivity index (χ1n) is 5.65. The molecule has 94 valence electrons. The van der Waals surface area contributed by atoms with E-state index in [1.165, 1.54) is 0 Å². The monoisotopic (exact) mass is 276 g/mol. The number of hydrogen-bond donors (Lipinski definition) is 1. The number of thiocarbonyl (C=S) groups is 1. The number of nitrogens with zero attached hydrogens (tertiary/aromatic N) is 1. The third kappa shape index (κ3) is 3.88. The van der Waals surface area contributed by atoms with E-state index in [4.69, 9.17) is 12.2 Å². The number of aliphatic imine (C=N–C) groups is 1. The molecule has 1 aliphatic rings. The quantitative estimate of drug-likeness (QED) is 0.373. The molecule has 1 rings (SSSR count). The van der Waals surface area contributed by atoms with Gasteiger partial charge in [0.2, 0.25) is 5.91 Å². The molecule has 0 bridgehead atoms. The minimum absolute atomic E-state index is 0. The fraction of sp³-hybridized carbons (Fsp3) is 0.583. The van der Waals surface area contributed by atoms with E-state index in [1.807, 2.05) is 32.9 Å². The second-order valence-electron chi connectivity index (χ2n) is 4.63. The summed E-state index contributed by atoms with van der Waals surface area (Å²) < 4.78 is 0. The largest absolute Gasteiger partial charge is 1.00 e. The topological polar surface area (TPSA) is 64.5 Å². The van der Waals surface area contributed by atoms with E-state index in [1.54, 1.807) is 0 Å². The van der Waals surface area contributed by atoms with Crippen molar-refractivity contribution in [2.24, 2.45) is 16.3 Å². The molecule has 0 aliphatic carbocycles. The van der Waals surface area contributed by atoms with Crippen LogP contribution in [0.4, 0.5) is 0 Å². The molecule has 0 radical (unpaired) electrons. The van der Waals surface area contributed by atoms with Crippen LogP contribution >= 0.6 is 12.2 Å². The maximum atomic E-state index is 12.1. The molecular formula is C12H17N2NaO2S. The molecule has 6 heteroatoms. The summed E-state index contributed by atoms with van der Waals surface area (Å²) in [6.45, 7) is 5.81. The summed E-state index contributed by atoms with van der Waals surface area (Å²) in [5.74, 6) is -0.510. The summed E-state index contributed by atoms with van der Waals surface area (Å²) >= 11 is 4.75. The molecule has 1 amide bonds. The smallest absolute Gasteiger partial charge is 0.861 e. The molecule has 0 spiro atoms. The van der Waals surface area contributed by atoms with Gasteiger partial charge in [-0.2, -0.15) is 0 Å². The molecule has 1 heterocycles. The maximum Gasteiger partial charge on any atom is 1.00 e. The van der Waals surface area contributed by atoms with Crippen LogP contribution in [0.15, 0.2) is 17.1 Å². The average Bonchev–Trinajstić information content (AvgIpc) is 2.21. The van der Waals surface area contributed by atoms with Crippen molar-refractivity contribution in [2.45, 2.75) is 33.6 Å². The molecule has 0 aromatic carbocycles. The summed E-state index contributed by atoms with van der Waals surface area (Å²) in [4.78, 5) is 15.8. The van der Waals surface area contributed by atoms with Gasteiger partial charge < -0.3 is 10.4 Å². The second-order valence-corrected chi connectivity index (χ2v) is 5.02. The predicted molar refractivity (Wildman–Crippen MR) is 69.5 cm³/mol. The summed E-state index contributed by atoms with van der Waals surface area (Å²) in [7, 11) is 0. The van der Waals surface area contributed by atoms with E-state index >= 15 is 0 Å². The normalized spacial score (nSPS) is 23.9. The Morgan fingerprint density at radius 3 is 2.61 bits per heavy atom. The standard InChI is InChI=1S/C12H18N2O2S.Na/c1-4-5-6-12(7-8(2)3)9(15)13-11(17)14-10(12)16;/h4-5,8H,6-7H2,1-3H3,(H2,13,14,15,16,17);/q;+1/p-1/b5-4+;. The van der Waals surface area contributed by atoms with Crippen LogP contribution in [0.2, 0.25) is 0 Å². The van der Waals surface area contributed by atoms with E-state index in [2.05, 4.69) is 10.3 Å². The molecule has 0 fully saturated rings. The number of carbonyl (C=O) groups is 1. The zero-order valence-electron chi connectivity index (χ0n) is 11.3. The third-order valence-corrected chi connectivity index (χ3v) is 2.92. The Balaban J connectivity index is 0.00000289. The van der Waals surface area contributed by atoms with E-state index in [9.17, 15) is 9.90 Å². The van der Waals surface area contributed by atoms with Crippen LogP contribution in [0.3, 0.4) is 0 Å². The molecule has 0 saturated heterocycles.